The van der Waals surface area contributed by atoms with E-state index >= 15 is 0 Å². The van der Waals surface area contributed by atoms with Crippen molar-refractivity contribution in [2.75, 3.05) is 11.1 Å². The van der Waals surface area contributed by atoms with Crippen LogP contribution in [0, 0.1) is 0 Å². The van der Waals surface area contributed by atoms with E-state index in [0.29, 0.717) is 29.5 Å². The Morgan fingerprint density at radius 2 is 1.92 bits per heavy atom. The smallest absolute Gasteiger partial charge is 0.371 e. The van der Waals surface area contributed by atoms with Gasteiger partial charge in [-0.15, -0.1) is 0 Å². The van der Waals surface area contributed by atoms with E-state index < -0.39 is 32.7 Å². The van der Waals surface area contributed by atoms with Crippen LogP contribution in [0.2, 0.25) is 0 Å². The van der Waals surface area contributed by atoms with Crippen LogP contribution >= 0.6 is 0 Å². The van der Waals surface area contributed by atoms with Gasteiger partial charge in [0.25, 0.3) is 0 Å². The number of benzene rings is 1. The number of anilines is 1. The van der Waals surface area contributed by atoms with Crippen LogP contribution in [0.15, 0.2) is 28.7 Å². The highest BCUT2D eigenvalue weighted by molar-refractivity contribution is 7.92. The first-order valence-electron chi connectivity index (χ1n) is 7.63. The van der Waals surface area contributed by atoms with E-state index in [4.69, 9.17) is 9.52 Å². The minimum atomic E-state index is -3.44. The number of carbonyl (C=O) groups excluding carboxylic acids is 1. The van der Waals surface area contributed by atoms with E-state index in [-0.39, 0.29) is 5.76 Å². The van der Waals surface area contributed by atoms with Gasteiger partial charge in [0.15, 0.2) is 9.84 Å². The molecular weight excluding hydrogens is 334 g/mol. The summed E-state index contributed by atoms with van der Waals surface area (Å²) in [6, 6.07) is 5.97. The van der Waals surface area contributed by atoms with Gasteiger partial charge in [-0.05, 0) is 37.1 Å². The Kier molecular flexibility index (Phi) is 4.31. The van der Waals surface area contributed by atoms with Gasteiger partial charge in [0, 0.05) is 11.1 Å². The molecule has 1 heterocycles. The van der Waals surface area contributed by atoms with E-state index in [9.17, 15) is 18.0 Å². The highest BCUT2D eigenvalue weighted by atomic mass is 32.2. The summed E-state index contributed by atoms with van der Waals surface area (Å²) in [6.07, 6.45) is 3.01. The van der Waals surface area contributed by atoms with Crippen molar-refractivity contribution in [3.63, 3.8) is 0 Å². The first kappa shape index (κ1) is 16.5. The van der Waals surface area contributed by atoms with E-state index in [1.165, 1.54) is 18.2 Å². The largest absolute Gasteiger partial charge is 0.475 e. The first-order valence-corrected chi connectivity index (χ1v) is 9.35. The van der Waals surface area contributed by atoms with Gasteiger partial charge in [-0.3, -0.25) is 4.79 Å². The molecular formula is C16H17NO6S. The number of furan rings is 1. The van der Waals surface area contributed by atoms with Gasteiger partial charge in [0.1, 0.15) is 11.3 Å². The molecule has 1 aromatic heterocycles. The third-order valence-electron chi connectivity index (χ3n) is 4.15. The molecule has 1 aliphatic rings. The van der Waals surface area contributed by atoms with Crippen molar-refractivity contribution in [2.45, 2.75) is 30.9 Å². The number of carboxylic acids is 1. The van der Waals surface area contributed by atoms with Gasteiger partial charge in [-0.25, -0.2) is 13.2 Å². The lowest BCUT2D eigenvalue weighted by atomic mass is 10.2. The van der Waals surface area contributed by atoms with Crippen LogP contribution in [0.5, 0.6) is 0 Å². The quantitative estimate of drug-likeness (QED) is 0.855. The molecule has 8 heteroatoms. The van der Waals surface area contributed by atoms with Crippen LogP contribution in [0.3, 0.4) is 0 Å². The molecule has 0 unspecified atom stereocenters. The van der Waals surface area contributed by atoms with Gasteiger partial charge in [-0.2, -0.15) is 0 Å². The van der Waals surface area contributed by atoms with Gasteiger partial charge >= 0.3 is 5.97 Å². The fourth-order valence-corrected chi connectivity index (χ4v) is 4.70. The van der Waals surface area contributed by atoms with Crippen molar-refractivity contribution < 1.29 is 27.5 Å². The summed E-state index contributed by atoms with van der Waals surface area (Å²) in [5.41, 5.74) is 0.774. The third-order valence-corrected chi connectivity index (χ3v) is 6.30. The van der Waals surface area contributed by atoms with Crippen molar-refractivity contribution in [3.05, 3.63) is 30.0 Å². The lowest BCUT2D eigenvalue weighted by Crippen LogP contribution is -2.29. The molecule has 7 nitrogen and oxygen atoms in total. The van der Waals surface area contributed by atoms with E-state index in [1.807, 2.05) is 0 Å². The van der Waals surface area contributed by atoms with Crippen molar-refractivity contribution in [3.8, 4) is 0 Å². The number of sulfone groups is 1. The summed E-state index contributed by atoms with van der Waals surface area (Å²) in [5, 5.41) is 11.5. The van der Waals surface area contributed by atoms with Crippen molar-refractivity contribution in [1.82, 2.24) is 0 Å². The summed E-state index contributed by atoms with van der Waals surface area (Å²) in [6.45, 7) is 0. The summed E-state index contributed by atoms with van der Waals surface area (Å²) in [4.78, 5) is 22.9. The zero-order chi connectivity index (χ0) is 17.3. The number of aromatic carboxylic acids is 1. The summed E-state index contributed by atoms with van der Waals surface area (Å²) < 4.78 is 29.5. The second-order valence-corrected chi connectivity index (χ2v) is 8.21. The zero-order valence-electron chi connectivity index (χ0n) is 12.8. The van der Waals surface area contributed by atoms with E-state index in [0.717, 1.165) is 12.8 Å². The molecule has 24 heavy (non-hydrogen) atoms. The molecule has 3 rings (SSSR count). The molecule has 0 radical (unpaired) electrons. The van der Waals surface area contributed by atoms with Crippen molar-refractivity contribution in [1.29, 1.82) is 0 Å². The molecule has 0 aliphatic heterocycles. The average Bonchev–Trinajstić information content (AvgIpc) is 3.16. The molecule has 0 bridgehead atoms. The normalized spacial score (nSPS) is 15.7. The number of amides is 1. The number of rotatable bonds is 5. The Balaban J connectivity index is 1.72. The Bertz CT molecular complexity index is 892. The van der Waals surface area contributed by atoms with E-state index in [1.54, 1.807) is 6.07 Å². The highest BCUT2D eigenvalue weighted by Gasteiger charge is 2.30. The minimum absolute atomic E-state index is 0.197. The number of carbonyl (C=O) groups is 2. The zero-order valence-corrected chi connectivity index (χ0v) is 13.6. The van der Waals surface area contributed by atoms with Crippen LogP contribution in [0.25, 0.3) is 11.0 Å². The van der Waals surface area contributed by atoms with Gasteiger partial charge in [-0.1, -0.05) is 12.8 Å². The van der Waals surface area contributed by atoms with Crippen LogP contribution in [0.1, 0.15) is 36.2 Å². The maximum Gasteiger partial charge on any atom is 0.371 e. The molecule has 1 saturated carbocycles. The number of hydrogen-bond donors (Lipinski definition) is 2. The Morgan fingerprint density at radius 3 is 2.58 bits per heavy atom. The fraction of sp³-hybridized carbons (Fsp3) is 0.375. The molecule has 1 fully saturated rings. The maximum absolute atomic E-state index is 12.2. The lowest BCUT2D eigenvalue weighted by molar-refractivity contribution is -0.113. The van der Waals surface area contributed by atoms with Crippen LogP contribution in [-0.4, -0.2) is 36.4 Å². The predicted molar refractivity (Wildman–Crippen MR) is 87.8 cm³/mol. The SMILES string of the molecule is O=C(CS(=O)(=O)C1CCCC1)Nc1ccc2oc(C(=O)O)cc2c1. The molecule has 2 N–H and O–H groups in total. The lowest BCUT2D eigenvalue weighted by Gasteiger charge is -2.11. The second-order valence-electron chi connectivity index (χ2n) is 5.93. The summed E-state index contributed by atoms with van der Waals surface area (Å²) in [7, 11) is -3.44. The topological polar surface area (TPSA) is 114 Å². The van der Waals surface area contributed by atoms with Gasteiger partial charge in [0.05, 0.1) is 5.25 Å². The van der Waals surface area contributed by atoms with Gasteiger partial charge < -0.3 is 14.8 Å². The third kappa shape index (κ3) is 3.43. The minimum Gasteiger partial charge on any atom is -0.475 e. The number of hydrogen-bond acceptors (Lipinski definition) is 5. The Morgan fingerprint density at radius 1 is 1.21 bits per heavy atom. The molecule has 0 saturated heterocycles. The predicted octanol–water partition coefficient (Wildman–Crippen LogP) is 2.43. The molecule has 128 valence electrons. The van der Waals surface area contributed by atoms with Gasteiger partial charge in [0.2, 0.25) is 11.7 Å². The van der Waals surface area contributed by atoms with E-state index in [2.05, 4.69) is 5.32 Å². The Labute approximate surface area is 138 Å². The van der Waals surface area contributed by atoms with Crippen LogP contribution in [0.4, 0.5) is 5.69 Å². The maximum atomic E-state index is 12.2. The monoisotopic (exact) mass is 351 g/mol. The average molecular weight is 351 g/mol. The summed E-state index contributed by atoms with van der Waals surface area (Å²) >= 11 is 0. The number of fused-ring (bicyclic) bond motifs is 1. The molecule has 0 atom stereocenters. The second kappa shape index (κ2) is 6.27. The fourth-order valence-electron chi connectivity index (χ4n) is 2.97. The molecule has 1 amide bonds. The number of carboxylic acid groups (broad SMARTS) is 1. The summed E-state index contributed by atoms with van der Waals surface area (Å²) in [5.74, 6) is -2.51. The van der Waals surface area contributed by atoms with Crippen molar-refractivity contribution in [2.24, 2.45) is 0 Å². The van der Waals surface area contributed by atoms with Crippen LogP contribution in [-0.2, 0) is 14.6 Å². The standard InChI is InChI=1S/C16H17NO6S/c18-15(9-24(21,22)12-3-1-2-4-12)17-11-5-6-13-10(7-11)8-14(23-13)16(19)20/h5-8,12H,1-4,9H2,(H,17,18)(H,19,20). The first-order chi connectivity index (χ1) is 11.3. The molecule has 1 aromatic carbocycles. The van der Waals surface area contributed by atoms with Crippen LogP contribution < -0.4 is 5.32 Å². The number of nitrogens with one attached hydrogen (secondary N) is 1. The Hall–Kier alpha value is -2.35. The highest BCUT2D eigenvalue weighted by Crippen LogP contribution is 2.26. The molecule has 2 aromatic rings. The van der Waals surface area contributed by atoms with Crippen molar-refractivity contribution >= 4 is 38.4 Å². The molecule has 0 spiro atoms. The molecule has 1 aliphatic carbocycles.